The quantitative estimate of drug-likeness (QED) is 0.496. The number of anilines is 1. The molecule has 3 N–H and O–H groups in total. The zero-order valence-corrected chi connectivity index (χ0v) is 19.0. The molecule has 32 heavy (non-hydrogen) atoms. The number of amides is 2. The van der Waals surface area contributed by atoms with Crippen molar-refractivity contribution < 1.29 is 18.0 Å². The van der Waals surface area contributed by atoms with Crippen LogP contribution in [0.5, 0.6) is 0 Å². The monoisotopic (exact) mass is 467 g/mol. The Morgan fingerprint density at radius 2 is 1.34 bits per heavy atom. The van der Waals surface area contributed by atoms with Gasteiger partial charge in [-0.3, -0.25) is 14.9 Å². The molecule has 0 unspecified atom stereocenters. The Labute approximate surface area is 191 Å². The van der Waals surface area contributed by atoms with Crippen molar-refractivity contribution in [2.24, 2.45) is 0 Å². The molecule has 0 atom stereocenters. The van der Waals surface area contributed by atoms with Crippen LogP contribution in [0.1, 0.15) is 31.8 Å². The summed E-state index contributed by atoms with van der Waals surface area (Å²) in [5.41, 5.74) is 2.54. The van der Waals surface area contributed by atoms with Gasteiger partial charge in [-0.2, -0.15) is 0 Å². The predicted octanol–water partition coefficient (Wildman–Crippen LogP) is 3.55. The maximum Gasteiger partial charge on any atom is 0.265 e. The van der Waals surface area contributed by atoms with Crippen LogP contribution in [-0.4, -0.2) is 25.3 Å². The van der Waals surface area contributed by atoms with Crippen LogP contribution >= 0.6 is 12.2 Å². The minimum absolute atomic E-state index is 0.0109. The zero-order chi connectivity index (χ0) is 23.3. The van der Waals surface area contributed by atoms with Gasteiger partial charge < -0.3 is 5.32 Å². The van der Waals surface area contributed by atoms with E-state index in [0.717, 1.165) is 5.56 Å². The number of sulfonamides is 1. The lowest BCUT2D eigenvalue weighted by Gasteiger charge is -2.12. The molecule has 164 valence electrons. The third-order valence-electron chi connectivity index (χ3n) is 4.64. The molecule has 0 aliphatic heterocycles. The molecule has 7 nitrogen and oxygen atoms in total. The highest BCUT2D eigenvalue weighted by molar-refractivity contribution is 7.90. The molecule has 2 amide bonds. The van der Waals surface area contributed by atoms with E-state index in [9.17, 15) is 18.0 Å². The number of aryl methyl sites for hydroxylation is 2. The van der Waals surface area contributed by atoms with E-state index >= 15 is 0 Å². The number of benzene rings is 3. The van der Waals surface area contributed by atoms with E-state index in [1.54, 1.807) is 49.4 Å². The third kappa shape index (κ3) is 5.57. The molecule has 0 aliphatic rings. The fraction of sp³-hybridized carbons (Fsp3) is 0.0870. The molecule has 0 saturated heterocycles. The average Bonchev–Trinajstić information content (AvgIpc) is 2.74. The first kappa shape index (κ1) is 23.1. The van der Waals surface area contributed by atoms with Gasteiger partial charge in [0, 0.05) is 16.8 Å². The van der Waals surface area contributed by atoms with E-state index in [-0.39, 0.29) is 21.5 Å². The van der Waals surface area contributed by atoms with Crippen LogP contribution in [0, 0.1) is 13.8 Å². The Morgan fingerprint density at radius 1 is 0.781 bits per heavy atom. The summed E-state index contributed by atoms with van der Waals surface area (Å²) in [5, 5.41) is 5.37. The smallest absolute Gasteiger partial charge is 0.265 e. The second-order valence-electron chi connectivity index (χ2n) is 7.00. The van der Waals surface area contributed by atoms with Gasteiger partial charge in [0.05, 0.1) is 4.90 Å². The standard InChI is InChI=1S/C23H21N3O4S2/c1-15-8-3-5-12-19(15)21(27)25-23(31)24-17-10-7-11-18(14-17)32(29,30)26-22(28)20-13-6-4-9-16(20)2/h3-14H,1-2H3,(H,26,28)(H2,24,25,27,31). The number of nitrogens with one attached hydrogen (secondary N) is 3. The van der Waals surface area contributed by atoms with E-state index in [4.69, 9.17) is 12.2 Å². The first-order valence-electron chi connectivity index (χ1n) is 9.58. The highest BCUT2D eigenvalue weighted by Crippen LogP contribution is 2.17. The average molecular weight is 468 g/mol. The Balaban J connectivity index is 1.71. The van der Waals surface area contributed by atoms with Crippen LogP contribution in [0.3, 0.4) is 0 Å². The van der Waals surface area contributed by atoms with Gasteiger partial charge in [-0.15, -0.1) is 0 Å². The molecule has 0 fully saturated rings. The number of hydrogen-bond donors (Lipinski definition) is 3. The topological polar surface area (TPSA) is 104 Å². The van der Waals surface area contributed by atoms with Crippen LogP contribution < -0.4 is 15.4 Å². The lowest BCUT2D eigenvalue weighted by atomic mass is 10.1. The van der Waals surface area contributed by atoms with Gasteiger partial charge in [0.2, 0.25) is 0 Å². The lowest BCUT2D eigenvalue weighted by Crippen LogP contribution is -2.34. The Morgan fingerprint density at radius 3 is 1.94 bits per heavy atom. The molecule has 9 heteroatoms. The van der Waals surface area contributed by atoms with Gasteiger partial charge in [-0.05, 0) is 67.5 Å². The van der Waals surface area contributed by atoms with Crippen molar-refractivity contribution in [1.29, 1.82) is 0 Å². The summed E-state index contributed by atoms with van der Waals surface area (Å²) in [5.74, 6) is -1.10. The fourth-order valence-corrected chi connectivity index (χ4v) is 4.19. The number of rotatable bonds is 5. The summed E-state index contributed by atoms with van der Waals surface area (Å²) in [6.07, 6.45) is 0. The van der Waals surface area contributed by atoms with Gasteiger partial charge in [0.15, 0.2) is 5.11 Å². The molecule has 0 heterocycles. The van der Waals surface area contributed by atoms with Gasteiger partial charge >= 0.3 is 0 Å². The molecule has 0 spiro atoms. The molecular weight excluding hydrogens is 446 g/mol. The highest BCUT2D eigenvalue weighted by atomic mass is 32.2. The summed E-state index contributed by atoms with van der Waals surface area (Å²) in [6.45, 7) is 3.53. The summed E-state index contributed by atoms with van der Waals surface area (Å²) in [4.78, 5) is 24.7. The SMILES string of the molecule is Cc1ccccc1C(=O)NC(=S)Nc1cccc(S(=O)(=O)NC(=O)c2ccccc2C)c1. The summed E-state index contributed by atoms with van der Waals surface area (Å²) in [7, 11) is -4.12. The van der Waals surface area contributed by atoms with Gasteiger partial charge in [0.1, 0.15) is 0 Å². The predicted molar refractivity (Wildman–Crippen MR) is 127 cm³/mol. The second kappa shape index (κ2) is 9.71. The van der Waals surface area contributed by atoms with Crippen molar-refractivity contribution in [1.82, 2.24) is 10.0 Å². The Bertz CT molecular complexity index is 1300. The summed E-state index contributed by atoms with van der Waals surface area (Å²) in [6, 6.07) is 19.5. The van der Waals surface area contributed by atoms with Crippen molar-refractivity contribution in [2.75, 3.05) is 5.32 Å². The maximum absolute atomic E-state index is 12.7. The number of thiocarbonyl (C=S) groups is 1. The van der Waals surface area contributed by atoms with Gasteiger partial charge in [-0.1, -0.05) is 42.5 Å². The molecule has 0 aliphatic carbocycles. The molecule has 3 aromatic rings. The minimum atomic E-state index is -4.12. The largest absolute Gasteiger partial charge is 0.332 e. The lowest BCUT2D eigenvalue weighted by molar-refractivity contribution is 0.0970. The third-order valence-corrected chi connectivity index (χ3v) is 6.17. The van der Waals surface area contributed by atoms with E-state index < -0.39 is 15.9 Å². The second-order valence-corrected chi connectivity index (χ2v) is 9.09. The van der Waals surface area contributed by atoms with Crippen LogP contribution in [0.15, 0.2) is 77.7 Å². The molecule has 0 saturated carbocycles. The van der Waals surface area contributed by atoms with Crippen LogP contribution in [0.25, 0.3) is 0 Å². The zero-order valence-electron chi connectivity index (χ0n) is 17.4. The van der Waals surface area contributed by atoms with Crippen molar-refractivity contribution in [3.8, 4) is 0 Å². The molecule has 3 aromatic carbocycles. The van der Waals surface area contributed by atoms with Crippen LogP contribution in [-0.2, 0) is 10.0 Å². The van der Waals surface area contributed by atoms with E-state index in [2.05, 4.69) is 15.4 Å². The fourth-order valence-electron chi connectivity index (χ4n) is 2.97. The molecular formula is C23H21N3O4S2. The van der Waals surface area contributed by atoms with Crippen LogP contribution in [0.4, 0.5) is 5.69 Å². The van der Waals surface area contributed by atoms with Crippen LogP contribution in [0.2, 0.25) is 0 Å². The van der Waals surface area contributed by atoms with E-state index in [1.165, 1.54) is 18.2 Å². The molecule has 0 aromatic heterocycles. The van der Waals surface area contributed by atoms with Crippen molar-refractivity contribution in [3.63, 3.8) is 0 Å². The first-order valence-corrected chi connectivity index (χ1v) is 11.5. The first-order chi connectivity index (χ1) is 15.2. The number of carbonyl (C=O) groups excluding carboxylic acids is 2. The van der Waals surface area contributed by atoms with Gasteiger partial charge in [-0.25, -0.2) is 13.1 Å². The number of hydrogen-bond acceptors (Lipinski definition) is 5. The molecule has 0 radical (unpaired) electrons. The van der Waals surface area contributed by atoms with Crippen molar-refractivity contribution >= 4 is 44.9 Å². The van der Waals surface area contributed by atoms with E-state index in [1.807, 2.05) is 19.1 Å². The molecule has 3 rings (SSSR count). The highest BCUT2D eigenvalue weighted by Gasteiger charge is 2.20. The van der Waals surface area contributed by atoms with E-state index in [0.29, 0.717) is 16.8 Å². The molecule has 0 bridgehead atoms. The van der Waals surface area contributed by atoms with Crippen molar-refractivity contribution in [3.05, 3.63) is 95.1 Å². The number of carbonyl (C=O) groups is 2. The Hall–Kier alpha value is -3.56. The summed E-state index contributed by atoms with van der Waals surface area (Å²) >= 11 is 5.18. The maximum atomic E-state index is 12.7. The van der Waals surface area contributed by atoms with Crippen molar-refractivity contribution in [2.45, 2.75) is 18.7 Å². The minimum Gasteiger partial charge on any atom is -0.332 e. The summed E-state index contributed by atoms with van der Waals surface area (Å²) < 4.78 is 27.5. The Kier molecular flexibility index (Phi) is 7.01. The normalized spacial score (nSPS) is 10.8. The van der Waals surface area contributed by atoms with Gasteiger partial charge in [0.25, 0.3) is 21.8 Å².